The molecule has 2 N–H and O–H groups in total. The van der Waals surface area contributed by atoms with Crippen LogP contribution in [0, 0.1) is 13.8 Å². The average Bonchev–Trinajstić information content (AvgIpc) is 3.06. The molecule has 25 heavy (non-hydrogen) atoms. The standard InChI is InChI=1S/C19H26ClN3O2/c1-4-23-13(3)16(12(2)21-23)9-22-10-17(19(25)18(22)11-24)14-5-7-15(20)8-6-14/h5-8,17-19,24-25H,4,9-11H2,1-3H3/t17-,18-,19-/m1/s1. The number of aliphatic hydroxyl groups is 2. The first kappa shape index (κ1) is 18.4. The molecule has 0 unspecified atom stereocenters. The van der Waals surface area contributed by atoms with Gasteiger partial charge >= 0.3 is 0 Å². The maximum Gasteiger partial charge on any atom is 0.0798 e. The Morgan fingerprint density at radius 3 is 2.48 bits per heavy atom. The van der Waals surface area contributed by atoms with E-state index in [0.717, 1.165) is 23.5 Å². The monoisotopic (exact) mass is 363 g/mol. The van der Waals surface area contributed by atoms with Crippen LogP contribution in [-0.4, -0.2) is 50.2 Å². The molecule has 1 aliphatic heterocycles. The normalized spacial score (nSPS) is 24.2. The summed E-state index contributed by atoms with van der Waals surface area (Å²) in [5, 5.41) is 25.9. The van der Waals surface area contributed by atoms with Gasteiger partial charge in [0.1, 0.15) is 0 Å². The van der Waals surface area contributed by atoms with E-state index in [4.69, 9.17) is 11.6 Å². The van der Waals surface area contributed by atoms with E-state index < -0.39 is 6.10 Å². The Kier molecular flexibility index (Phi) is 5.49. The Morgan fingerprint density at radius 2 is 1.92 bits per heavy atom. The Labute approximate surface area is 153 Å². The highest BCUT2D eigenvalue weighted by molar-refractivity contribution is 6.30. The molecule has 1 fully saturated rings. The van der Waals surface area contributed by atoms with Gasteiger partial charge in [0.05, 0.1) is 24.4 Å². The van der Waals surface area contributed by atoms with Gasteiger partial charge in [0.15, 0.2) is 0 Å². The van der Waals surface area contributed by atoms with Crippen molar-refractivity contribution in [2.24, 2.45) is 0 Å². The maximum absolute atomic E-state index is 10.8. The van der Waals surface area contributed by atoms with Crippen LogP contribution in [0.3, 0.4) is 0 Å². The Balaban J connectivity index is 1.84. The zero-order chi connectivity index (χ0) is 18.1. The first-order chi connectivity index (χ1) is 12.0. The second-order valence-electron chi connectivity index (χ2n) is 6.79. The van der Waals surface area contributed by atoms with Crippen molar-refractivity contribution in [2.75, 3.05) is 13.2 Å². The lowest BCUT2D eigenvalue weighted by molar-refractivity contribution is 0.0639. The van der Waals surface area contributed by atoms with Gasteiger partial charge in [-0.15, -0.1) is 0 Å². The number of hydrogen-bond donors (Lipinski definition) is 2. The molecule has 0 aliphatic carbocycles. The van der Waals surface area contributed by atoms with E-state index >= 15 is 0 Å². The number of benzene rings is 1. The maximum atomic E-state index is 10.8. The zero-order valence-corrected chi connectivity index (χ0v) is 15.7. The SMILES string of the molecule is CCn1nc(C)c(CN2C[C@H](c3ccc(Cl)cc3)[C@@H](O)[C@H]2CO)c1C. The molecule has 1 aliphatic rings. The van der Waals surface area contributed by atoms with E-state index in [2.05, 4.69) is 23.8 Å². The lowest BCUT2D eigenvalue weighted by Gasteiger charge is -2.24. The Hall–Kier alpha value is -1.40. The summed E-state index contributed by atoms with van der Waals surface area (Å²) in [6.45, 7) is 8.34. The highest BCUT2D eigenvalue weighted by Crippen LogP contribution is 2.34. The molecule has 136 valence electrons. The van der Waals surface area contributed by atoms with Crippen LogP contribution in [0.2, 0.25) is 5.02 Å². The number of aromatic nitrogens is 2. The van der Waals surface area contributed by atoms with Crippen molar-refractivity contribution in [1.82, 2.24) is 14.7 Å². The molecule has 0 bridgehead atoms. The summed E-state index contributed by atoms with van der Waals surface area (Å²) in [4.78, 5) is 2.17. The first-order valence-electron chi connectivity index (χ1n) is 8.77. The third-order valence-electron chi connectivity index (χ3n) is 5.38. The van der Waals surface area contributed by atoms with Crippen molar-refractivity contribution >= 4 is 11.6 Å². The Morgan fingerprint density at radius 1 is 1.24 bits per heavy atom. The van der Waals surface area contributed by atoms with Gasteiger partial charge in [0, 0.05) is 41.8 Å². The molecule has 3 rings (SSSR count). The van der Waals surface area contributed by atoms with Crippen LogP contribution in [0.15, 0.2) is 24.3 Å². The average molecular weight is 364 g/mol. The van der Waals surface area contributed by atoms with Crippen LogP contribution in [0.1, 0.15) is 35.4 Å². The van der Waals surface area contributed by atoms with Gasteiger partial charge in [-0.1, -0.05) is 23.7 Å². The number of halogens is 1. The number of rotatable bonds is 5. The molecule has 3 atom stereocenters. The second-order valence-corrected chi connectivity index (χ2v) is 7.23. The second kappa shape index (κ2) is 7.46. The summed E-state index contributed by atoms with van der Waals surface area (Å²) in [6.07, 6.45) is -0.604. The predicted octanol–water partition coefficient (Wildman–Crippen LogP) is 2.49. The molecule has 0 radical (unpaired) electrons. The zero-order valence-electron chi connectivity index (χ0n) is 15.0. The van der Waals surface area contributed by atoms with Gasteiger partial charge in [0.25, 0.3) is 0 Å². The van der Waals surface area contributed by atoms with Crippen molar-refractivity contribution in [1.29, 1.82) is 0 Å². The van der Waals surface area contributed by atoms with Crippen LogP contribution in [0.4, 0.5) is 0 Å². The van der Waals surface area contributed by atoms with E-state index in [9.17, 15) is 10.2 Å². The van der Waals surface area contributed by atoms with Crippen molar-refractivity contribution < 1.29 is 10.2 Å². The molecule has 2 aromatic rings. The topological polar surface area (TPSA) is 61.5 Å². The fraction of sp³-hybridized carbons (Fsp3) is 0.526. The van der Waals surface area contributed by atoms with E-state index in [-0.39, 0.29) is 18.6 Å². The van der Waals surface area contributed by atoms with Crippen LogP contribution < -0.4 is 0 Å². The van der Waals surface area contributed by atoms with Crippen molar-refractivity contribution in [3.05, 3.63) is 51.8 Å². The largest absolute Gasteiger partial charge is 0.395 e. The molecule has 0 saturated carbocycles. The summed E-state index contributed by atoms with van der Waals surface area (Å²) in [6, 6.07) is 7.34. The van der Waals surface area contributed by atoms with E-state index in [1.807, 2.05) is 35.9 Å². The summed E-state index contributed by atoms with van der Waals surface area (Å²) in [5.74, 6) is -0.0313. The minimum atomic E-state index is -0.604. The molecule has 0 spiro atoms. The van der Waals surface area contributed by atoms with Gasteiger partial charge in [0.2, 0.25) is 0 Å². The van der Waals surface area contributed by atoms with E-state index in [1.165, 1.54) is 5.56 Å². The summed E-state index contributed by atoms with van der Waals surface area (Å²) in [7, 11) is 0. The third kappa shape index (κ3) is 3.47. The number of nitrogens with zero attached hydrogens (tertiary/aromatic N) is 3. The quantitative estimate of drug-likeness (QED) is 0.856. The molecule has 2 heterocycles. The number of aryl methyl sites for hydroxylation is 2. The third-order valence-corrected chi connectivity index (χ3v) is 5.64. The number of hydrogen-bond acceptors (Lipinski definition) is 4. The summed E-state index contributed by atoms with van der Waals surface area (Å²) >= 11 is 5.98. The lowest BCUT2D eigenvalue weighted by Crippen LogP contribution is -2.38. The van der Waals surface area contributed by atoms with Crippen molar-refractivity contribution in [2.45, 2.75) is 51.9 Å². The smallest absolute Gasteiger partial charge is 0.0798 e. The van der Waals surface area contributed by atoms with Gasteiger partial charge in [-0.25, -0.2) is 0 Å². The number of aliphatic hydroxyl groups excluding tert-OH is 2. The summed E-state index contributed by atoms with van der Waals surface area (Å²) in [5.41, 5.74) is 4.40. The summed E-state index contributed by atoms with van der Waals surface area (Å²) < 4.78 is 2.00. The molecule has 6 heteroatoms. The highest BCUT2D eigenvalue weighted by Gasteiger charge is 2.41. The predicted molar refractivity (Wildman–Crippen MR) is 98.9 cm³/mol. The van der Waals surface area contributed by atoms with Gasteiger partial charge in [-0.05, 0) is 38.5 Å². The van der Waals surface area contributed by atoms with Gasteiger partial charge in [-0.3, -0.25) is 9.58 Å². The fourth-order valence-corrected chi connectivity index (χ4v) is 4.00. The van der Waals surface area contributed by atoms with Crippen LogP contribution in [0.25, 0.3) is 0 Å². The van der Waals surface area contributed by atoms with Crippen LogP contribution >= 0.6 is 11.6 Å². The van der Waals surface area contributed by atoms with Crippen molar-refractivity contribution in [3.63, 3.8) is 0 Å². The van der Waals surface area contributed by atoms with Crippen LogP contribution in [0.5, 0.6) is 0 Å². The molecule has 5 nitrogen and oxygen atoms in total. The van der Waals surface area contributed by atoms with Crippen LogP contribution in [-0.2, 0) is 13.1 Å². The number of likely N-dealkylation sites (tertiary alicyclic amines) is 1. The fourth-order valence-electron chi connectivity index (χ4n) is 3.87. The molecule has 0 amide bonds. The molecule has 1 saturated heterocycles. The minimum Gasteiger partial charge on any atom is -0.395 e. The van der Waals surface area contributed by atoms with Crippen molar-refractivity contribution in [3.8, 4) is 0 Å². The minimum absolute atomic E-state index is 0.0313. The first-order valence-corrected chi connectivity index (χ1v) is 9.15. The highest BCUT2D eigenvalue weighted by atomic mass is 35.5. The molecular formula is C19H26ClN3O2. The Bertz CT molecular complexity index is 729. The molecular weight excluding hydrogens is 338 g/mol. The molecule has 1 aromatic heterocycles. The lowest BCUT2D eigenvalue weighted by atomic mass is 9.94. The molecule has 1 aromatic carbocycles. The van der Waals surface area contributed by atoms with E-state index in [1.54, 1.807) is 0 Å². The van der Waals surface area contributed by atoms with E-state index in [0.29, 0.717) is 18.1 Å². The van der Waals surface area contributed by atoms with Gasteiger partial charge in [-0.2, -0.15) is 5.10 Å². The van der Waals surface area contributed by atoms with Gasteiger partial charge < -0.3 is 10.2 Å².